The Morgan fingerprint density at radius 3 is 2.68 bits per heavy atom. The van der Waals surface area contributed by atoms with Crippen LogP contribution in [0.25, 0.3) is 22.3 Å². The lowest BCUT2D eigenvalue weighted by atomic mass is 10.1. The molecule has 0 aliphatic rings. The Morgan fingerprint density at radius 2 is 1.96 bits per heavy atom. The Balaban J connectivity index is 2.16. The third-order valence-corrected chi connectivity index (χ3v) is 4.03. The summed E-state index contributed by atoms with van der Waals surface area (Å²) in [7, 11) is 0. The van der Waals surface area contributed by atoms with E-state index in [0.717, 1.165) is 6.42 Å². The minimum absolute atomic E-state index is 0.0203. The number of hydrogen-bond donors (Lipinski definition) is 1. The van der Waals surface area contributed by atoms with E-state index in [1.807, 2.05) is 38.1 Å². The Morgan fingerprint density at radius 1 is 1.20 bits per heavy atom. The molecule has 3 rings (SSSR count). The molecule has 1 atom stereocenters. The second kappa shape index (κ2) is 6.81. The zero-order valence-electron chi connectivity index (χ0n) is 14.0. The standard InChI is InChI=1S/C20H18O5/c1-3-12(2)24-17-7-5-4-6-15(17)19-11-16(21)14-9-8-13(20(22)23)10-18(14)25-19/h4-12H,3H2,1-2H3,(H,22,23). The summed E-state index contributed by atoms with van der Waals surface area (Å²) in [6, 6.07) is 12.9. The molecule has 25 heavy (non-hydrogen) atoms. The highest BCUT2D eigenvalue weighted by atomic mass is 16.5. The van der Waals surface area contributed by atoms with E-state index in [4.69, 9.17) is 14.3 Å². The van der Waals surface area contributed by atoms with Gasteiger partial charge in [0, 0.05) is 6.07 Å². The molecule has 1 heterocycles. The first kappa shape index (κ1) is 16.8. The normalized spacial score (nSPS) is 12.1. The summed E-state index contributed by atoms with van der Waals surface area (Å²) in [5.74, 6) is -0.108. The zero-order valence-corrected chi connectivity index (χ0v) is 14.0. The summed E-state index contributed by atoms with van der Waals surface area (Å²) in [5, 5.41) is 9.47. The monoisotopic (exact) mass is 338 g/mol. The van der Waals surface area contributed by atoms with Crippen LogP contribution in [0.15, 0.2) is 57.7 Å². The Bertz CT molecular complexity index is 987. The van der Waals surface area contributed by atoms with Crippen LogP contribution < -0.4 is 10.2 Å². The number of carboxylic acids is 1. The minimum Gasteiger partial charge on any atom is -0.490 e. The molecule has 0 aliphatic heterocycles. The van der Waals surface area contributed by atoms with Crippen molar-refractivity contribution in [1.29, 1.82) is 0 Å². The van der Waals surface area contributed by atoms with E-state index in [-0.39, 0.29) is 22.7 Å². The molecule has 5 heteroatoms. The number of hydrogen-bond acceptors (Lipinski definition) is 4. The second-order valence-electron chi connectivity index (χ2n) is 5.82. The van der Waals surface area contributed by atoms with Crippen molar-refractivity contribution in [3.8, 4) is 17.1 Å². The molecule has 0 radical (unpaired) electrons. The van der Waals surface area contributed by atoms with Crippen LogP contribution in [-0.2, 0) is 0 Å². The molecule has 0 bridgehead atoms. The predicted octanol–water partition coefficient (Wildman–Crippen LogP) is 4.34. The second-order valence-corrected chi connectivity index (χ2v) is 5.82. The molecule has 1 aromatic heterocycles. The molecular formula is C20H18O5. The Labute approximate surface area is 144 Å². The third-order valence-electron chi connectivity index (χ3n) is 4.03. The van der Waals surface area contributed by atoms with Crippen LogP contribution in [0.5, 0.6) is 5.75 Å². The molecule has 0 saturated heterocycles. The third kappa shape index (κ3) is 3.40. The fourth-order valence-electron chi connectivity index (χ4n) is 2.49. The highest BCUT2D eigenvalue weighted by Gasteiger charge is 2.14. The molecule has 2 aromatic carbocycles. The number of ether oxygens (including phenoxy) is 1. The molecule has 5 nitrogen and oxygen atoms in total. The number of para-hydroxylation sites is 1. The largest absolute Gasteiger partial charge is 0.490 e. The van der Waals surface area contributed by atoms with Gasteiger partial charge in [-0.2, -0.15) is 0 Å². The summed E-state index contributed by atoms with van der Waals surface area (Å²) in [5.41, 5.74) is 0.728. The number of benzene rings is 2. The van der Waals surface area contributed by atoms with Gasteiger partial charge in [-0.1, -0.05) is 19.1 Å². The van der Waals surface area contributed by atoms with Gasteiger partial charge in [-0.05, 0) is 43.7 Å². The van der Waals surface area contributed by atoms with Gasteiger partial charge in [0.15, 0.2) is 5.43 Å². The molecule has 0 fully saturated rings. The van der Waals surface area contributed by atoms with E-state index < -0.39 is 5.97 Å². The van der Waals surface area contributed by atoms with E-state index in [1.165, 1.54) is 24.3 Å². The fraction of sp³-hybridized carbons (Fsp3) is 0.200. The van der Waals surface area contributed by atoms with Gasteiger partial charge in [0.2, 0.25) is 0 Å². The van der Waals surface area contributed by atoms with Gasteiger partial charge in [0.25, 0.3) is 0 Å². The van der Waals surface area contributed by atoms with Crippen LogP contribution in [0.4, 0.5) is 0 Å². The molecule has 128 valence electrons. The number of aromatic carboxylic acids is 1. The van der Waals surface area contributed by atoms with Gasteiger partial charge in [0.1, 0.15) is 17.1 Å². The van der Waals surface area contributed by atoms with Crippen molar-refractivity contribution in [1.82, 2.24) is 0 Å². The van der Waals surface area contributed by atoms with E-state index in [2.05, 4.69) is 0 Å². The Kier molecular flexibility index (Phi) is 4.57. The van der Waals surface area contributed by atoms with E-state index in [9.17, 15) is 9.59 Å². The first-order valence-electron chi connectivity index (χ1n) is 8.07. The van der Waals surface area contributed by atoms with Crippen molar-refractivity contribution in [2.45, 2.75) is 26.4 Å². The van der Waals surface area contributed by atoms with Crippen LogP contribution in [-0.4, -0.2) is 17.2 Å². The number of carbonyl (C=O) groups is 1. The highest BCUT2D eigenvalue weighted by Crippen LogP contribution is 2.31. The molecule has 0 amide bonds. The fourth-order valence-corrected chi connectivity index (χ4v) is 2.49. The average molecular weight is 338 g/mol. The quantitative estimate of drug-likeness (QED) is 0.749. The maximum atomic E-state index is 12.4. The Hall–Kier alpha value is -3.08. The highest BCUT2D eigenvalue weighted by molar-refractivity contribution is 5.92. The van der Waals surface area contributed by atoms with Crippen molar-refractivity contribution in [2.75, 3.05) is 0 Å². The van der Waals surface area contributed by atoms with Gasteiger partial charge in [-0.15, -0.1) is 0 Å². The van der Waals surface area contributed by atoms with Crippen LogP contribution >= 0.6 is 0 Å². The van der Waals surface area contributed by atoms with E-state index in [1.54, 1.807) is 0 Å². The topological polar surface area (TPSA) is 76.7 Å². The van der Waals surface area contributed by atoms with Gasteiger partial charge in [-0.25, -0.2) is 4.79 Å². The predicted molar refractivity (Wildman–Crippen MR) is 95.3 cm³/mol. The molecule has 0 aliphatic carbocycles. The zero-order chi connectivity index (χ0) is 18.0. The SMILES string of the molecule is CCC(C)Oc1ccccc1-c1cc(=O)c2ccc(C(=O)O)cc2o1. The van der Waals surface area contributed by atoms with Gasteiger partial charge >= 0.3 is 5.97 Å². The molecule has 1 unspecified atom stereocenters. The lowest BCUT2D eigenvalue weighted by Gasteiger charge is -2.15. The molecular weight excluding hydrogens is 320 g/mol. The summed E-state index contributed by atoms with van der Waals surface area (Å²) in [6.45, 7) is 3.99. The van der Waals surface area contributed by atoms with Crippen molar-refractivity contribution >= 4 is 16.9 Å². The van der Waals surface area contributed by atoms with Crippen LogP contribution in [0.3, 0.4) is 0 Å². The van der Waals surface area contributed by atoms with Gasteiger partial charge in [0.05, 0.1) is 22.6 Å². The van der Waals surface area contributed by atoms with Gasteiger partial charge < -0.3 is 14.3 Å². The number of carboxylic acid groups (broad SMARTS) is 1. The van der Waals surface area contributed by atoms with Crippen molar-refractivity contribution in [2.24, 2.45) is 0 Å². The summed E-state index contributed by atoms with van der Waals surface area (Å²) < 4.78 is 11.7. The molecule has 0 saturated carbocycles. The average Bonchev–Trinajstić information content (AvgIpc) is 2.61. The van der Waals surface area contributed by atoms with Crippen molar-refractivity contribution in [3.63, 3.8) is 0 Å². The maximum absolute atomic E-state index is 12.4. The smallest absolute Gasteiger partial charge is 0.335 e. The van der Waals surface area contributed by atoms with Gasteiger partial charge in [-0.3, -0.25) is 4.79 Å². The van der Waals surface area contributed by atoms with E-state index in [0.29, 0.717) is 22.5 Å². The first-order chi connectivity index (χ1) is 12.0. The van der Waals surface area contributed by atoms with Crippen LogP contribution in [0.1, 0.15) is 30.6 Å². The van der Waals surface area contributed by atoms with Crippen molar-refractivity contribution in [3.05, 3.63) is 64.3 Å². The van der Waals surface area contributed by atoms with Crippen LogP contribution in [0, 0.1) is 0 Å². The first-order valence-corrected chi connectivity index (χ1v) is 8.07. The minimum atomic E-state index is -1.07. The molecule has 0 spiro atoms. The maximum Gasteiger partial charge on any atom is 0.335 e. The molecule has 1 N–H and O–H groups in total. The summed E-state index contributed by atoms with van der Waals surface area (Å²) >= 11 is 0. The van der Waals surface area contributed by atoms with E-state index >= 15 is 0 Å². The number of fused-ring (bicyclic) bond motifs is 1. The molecule has 3 aromatic rings. The summed E-state index contributed by atoms with van der Waals surface area (Å²) in [4.78, 5) is 23.5. The van der Waals surface area contributed by atoms with Crippen molar-refractivity contribution < 1.29 is 19.1 Å². The van der Waals surface area contributed by atoms with Crippen LogP contribution in [0.2, 0.25) is 0 Å². The lowest BCUT2D eigenvalue weighted by Crippen LogP contribution is -2.10. The summed E-state index contributed by atoms with van der Waals surface area (Å²) in [6.07, 6.45) is 0.866. The number of rotatable bonds is 5. The lowest BCUT2D eigenvalue weighted by molar-refractivity contribution is 0.0697.